The van der Waals surface area contributed by atoms with Gasteiger partial charge in [-0.15, -0.1) is 0 Å². The minimum Gasteiger partial charge on any atom is -0.424 e. The molecule has 0 aliphatic carbocycles. The van der Waals surface area contributed by atoms with E-state index >= 15 is 0 Å². The van der Waals surface area contributed by atoms with Crippen molar-refractivity contribution in [2.24, 2.45) is 0 Å². The molecule has 0 aliphatic heterocycles. The van der Waals surface area contributed by atoms with E-state index in [1.54, 1.807) is 0 Å². The number of benzene rings is 1. The Labute approximate surface area is 398 Å². The maximum absolute atomic E-state index is 6.22. The minimum atomic E-state index is -2.75. The van der Waals surface area contributed by atoms with Crippen molar-refractivity contribution < 1.29 is 54.4 Å². The first kappa shape index (κ1) is 61.2. The predicted octanol–water partition coefficient (Wildman–Crippen LogP) is 8.35. The van der Waals surface area contributed by atoms with Gasteiger partial charge in [-0.05, 0) is 144 Å². The molecule has 378 valence electrons. The molecule has 0 unspecified atom stereocenters. The summed E-state index contributed by atoms with van der Waals surface area (Å²) in [7, 11) is -6.74. The van der Waals surface area contributed by atoms with Crippen molar-refractivity contribution in [2.45, 2.75) is 157 Å². The van der Waals surface area contributed by atoms with Gasteiger partial charge in [-0.3, -0.25) is 0 Å². The van der Waals surface area contributed by atoms with E-state index in [-0.39, 0.29) is 12.6 Å². The number of hydrogen-bond acceptors (Lipinski definition) is 14. The van der Waals surface area contributed by atoms with Crippen LogP contribution in [-0.4, -0.2) is 155 Å². The summed E-state index contributed by atoms with van der Waals surface area (Å²) in [5.74, 6) is 0. The molecule has 0 fully saturated rings. The highest BCUT2D eigenvalue weighted by molar-refractivity contribution is 6.61. The van der Waals surface area contributed by atoms with Crippen LogP contribution in [0.4, 0.5) is 11.4 Å². The Hall–Kier alpha value is -0.792. The second-order valence-electron chi connectivity index (χ2n) is 15.3. The zero-order chi connectivity index (χ0) is 47.0. The summed E-state index contributed by atoms with van der Waals surface area (Å²) in [5, 5.41) is 0. The quantitative estimate of drug-likeness (QED) is 0.0354. The zero-order valence-corrected chi connectivity index (χ0v) is 47.3. The zero-order valence-electron chi connectivity index (χ0n) is 42.5. The van der Waals surface area contributed by atoms with Gasteiger partial charge in [0.25, 0.3) is 0 Å². The second kappa shape index (κ2) is 41.2. The van der Waals surface area contributed by atoms with Crippen molar-refractivity contribution in [3.63, 3.8) is 0 Å². The van der Waals surface area contributed by atoms with Gasteiger partial charge in [0.15, 0.2) is 32.1 Å². The smallest absolute Gasteiger partial charge is 0.424 e. The third-order valence-corrected chi connectivity index (χ3v) is 19.4. The van der Waals surface area contributed by atoms with Gasteiger partial charge in [-0.2, -0.15) is 0 Å². The van der Waals surface area contributed by atoms with E-state index in [0.717, 1.165) is 115 Å². The van der Waals surface area contributed by atoms with Crippen molar-refractivity contribution in [3.05, 3.63) is 24.3 Å². The van der Waals surface area contributed by atoms with E-state index in [9.17, 15) is 0 Å². The summed E-state index contributed by atoms with van der Waals surface area (Å²) in [6.07, 6.45) is 7.39. The molecule has 0 amide bonds. The van der Waals surface area contributed by atoms with Gasteiger partial charge in [0.1, 0.15) is 0 Å². The van der Waals surface area contributed by atoms with Crippen LogP contribution >= 0.6 is 0 Å². The molecule has 0 atom stereocenters. The summed E-state index contributed by atoms with van der Waals surface area (Å²) >= 11 is 0. The van der Waals surface area contributed by atoms with Gasteiger partial charge >= 0.3 is 17.6 Å². The number of anilines is 2. The van der Waals surface area contributed by atoms with Crippen molar-refractivity contribution in [1.29, 1.82) is 0 Å². The molecule has 0 radical (unpaired) electrons. The van der Waals surface area contributed by atoms with Crippen LogP contribution in [0.15, 0.2) is 24.3 Å². The summed E-state index contributed by atoms with van der Waals surface area (Å²) in [6.45, 7) is 31.6. The highest BCUT2D eigenvalue weighted by Gasteiger charge is 2.41. The van der Waals surface area contributed by atoms with E-state index in [1.165, 1.54) is 11.4 Å². The molecule has 0 aromatic heterocycles. The van der Waals surface area contributed by atoms with Crippen molar-refractivity contribution in [3.8, 4) is 0 Å². The van der Waals surface area contributed by atoms with Crippen LogP contribution in [0.5, 0.6) is 0 Å². The first-order valence-electron chi connectivity index (χ1n) is 25.3. The Morgan fingerprint density at radius 2 is 0.703 bits per heavy atom. The van der Waals surface area contributed by atoms with Crippen LogP contribution in [0.25, 0.3) is 0 Å². The molecule has 1 aromatic rings. The van der Waals surface area contributed by atoms with Crippen LogP contribution < -0.4 is 9.80 Å². The number of rotatable bonds is 48. The normalized spacial score (nSPS) is 12.7. The number of ether oxygens (including phenoxy) is 4. The molecule has 0 aliphatic rings. The largest absolute Gasteiger partial charge is 0.500 e. The van der Waals surface area contributed by atoms with Crippen molar-refractivity contribution in [1.82, 2.24) is 0 Å². The van der Waals surface area contributed by atoms with Crippen LogP contribution in [-0.2, 0) is 54.4 Å². The Morgan fingerprint density at radius 1 is 0.406 bits per heavy atom. The molecular weight excluding hydrogens is 885 g/mol. The molecule has 0 heterocycles. The van der Waals surface area contributed by atoms with Gasteiger partial charge in [0.05, 0.1) is 0 Å². The predicted molar refractivity (Wildman–Crippen MR) is 271 cm³/mol. The Bertz CT molecular complexity index is 1040. The fraction of sp³-hybridized carbons (Fsp3) is 0.870. The van der Waals surface area contributed by atoms with Crippen LogP contribution in [0.1, 0.15) is 121 Å². The number of nitrogens with zero attached hydrogens (tertiary/aromatic N) is 2. The first-order chi connectivity index (χ1) is 31.3. The van der Waals surface area contributed by atoms with E-state index in [2.05, 4.69) is 34.1 Å². The second-order valence-corrected chi connectivity index (χ2v) is 23.8. The summed E-state index contributed by atoms with van der Waals surface area (Å²) in [6, 6.07) is 13.0. The molecule has 0 saturated heterocycles. The SMILES string of the molecule is CCOC(CCCO[SiH2]CCCN(CCC[Si](OCC)(OCC)OCC)c1ccc(N(CCC[SiH2]OCCCC(OCC)OCC)CCC[Si](OCC)(OCC)OCC)cc1)OCC. The maximum atomic E-state index is 6.22. The minimum absolute atomic E-state index is 0.132. The highest BCUT2D eigenvalue weighted by Crippen LogP contribution is 2.26. The molecule has 0 saturated carbocycles. The first-order valence-corrected chi connectivity index (χ1v) is 32.4. The summed E-state index contributed by atoms with van der Waals surface area (Å²) in [4.78, 5) is 5.06. The molecule has 14 nitrogen and oxygen atoms in total. The molecule has 1 rings (SSSR count). The van der Waals surface area contributed by atoms with E-state index in [1.807, 2.05) is 69.2 Å². The lowest BCUT2D eigenvalue weighted by Gasteiger charge is -2.31. The lowest BCUT2D eigenvalue weighted by Crippen LogP contribution is -2.46. The van der Waals surface area contributed by atoms with Gasteiger partial charge in [-0.25, -0.2) is 0 Å². The Kier molecular flexibility index (Phi) is 39.4. The molecule has 0 spiro atoms. The highest BCUT2D eigenvalue weighted by atomic mass is 28.4. The summed E-state index contributed by atoms with van der Waals surface area (Å²) < 4.78 is 72.5. The molecule has 64 heavy (non-hydrogen) atoms. The van der Waals surface area contributed by atoms with Crippen LogP contribution in [0.3, 0.4) is 0 Å². The average Bonchev–Trinajstić information content (AvgIpc) is 3.28. The average molecular weight is 982 g/mol. The van der Waals surface area contributed by atoms with E-state index in [0.29, 0.717) is 66.1 Å². The van der Waals surface area contributed by atoms with Gasteiger partial charge in [0.2, 0.25) is 0 Å². The summed E-state index contributed by atoms with van der Waals surface area (Å²) in [5.41, 5.74) is 2.46. The third-order valence-electron chi connectivity index (χ3n) is 10.4. The number of hydrogen-bond donors (Lipinski definition) is 0. The lowest BCUT2D eigenvalue weighted by atomic mass is 10.2. The molecular formula is C46H96N2O12Si4. The van der Waals surface area contributed by atoms with Crippen molar-refractivity contribution in [2.75, 3.05) is 115 Å². The monoisotopic (exact) mass is 981 g/mol. The van der Waals surface area contributed by atoms with Gasteiger partial charge in [0, 0.05) is 142 Å². The van der Waals surface area contributed by atoms with Gasteiger partial charge < -0.3 is 64.2 Å². The van der Waals surface area contributed by atoms with Crippen LogP contribution in [0.2, 0.25) is 24.2 Å². The van der Waals surface area contributed by atoms with Crippen molar-refractivity contribution >= 4 is 48.5 Å². The lowest BCUT2D eigenvalue weighted by molar-refractivity contribution is -0.141. The Balaban J connectivity index is 3.11. The molecule has 18 heteroatoms. The molecule has 0 N–H and O–H groups in total. The molecule has 0 bridgehead atoms. The third kappa shape index (κ3) is 27.9. The maximum Gasteiger partial charge on any atom is 0.500 e. The topological polar surface area (TPSA) is 117 Å². The molecule has 1 aromatic carbocycles. The standard InChI is InChI=1S/C46H96N2O12Si4/c1-11-49-45(50-12-2)27-21-37-53-61-39-23-33-47(35-25-41-63(55-15-5,56-16-6)57-17-7)43-29-31-44(32-30-43)48(36-26-42-64(58-18-8,59-19-9)60-20-10)34-24-40-62-54-38-22-28-46(51-13-3)52-14-4/h29-32,45-46H,11-28,33-42,61-62H2,1-10H3. The fourth-order valence-corrected chi connectivity index (χ4v) is 15.0. The fourth-order valence-electron chi connectivity index (χ4n) is 7.68. The Morgan fingerprint density at radius 3 is 0.984 bits per heavy atom. The van der Waals surface area contributed by atoms with Gasteiger partial charge in [-0.1, -0.05) is 0 Å². The van der Waals surface area contributed by atoms with E-state index < -0.39 is 37.1 Å². The van der Waals surface area contributed by atoms with Crippen LogP contribution in [0, 0.1) is 0 Å². The van der Waals surface area contributed by atoms with E-state index in [4.69, 9.17) is 54.4 Å².